The number of benzene rings is 8. The van der Waals surface area contributed by atoms with Crippen LogP contribution >= 0.6 is 0 Å². The van der Waals surface area contributed by atoms with E-state index in [9.17, 15) is 19.2 Å². The number of nitrogens with zero attached hydrogens (tertiary/aromatic N) is 4. The molecule has 0 unspecified atom stereocenters. The first kappa shape index (κ1) is 32.6. The molecular weight excluding hydrogens is 757 g/mol. The lowest BCUT2D eigenvalue weighted by Crippen LogP contribution is -2.25. The average Bonchev–Trinajstić information content (AvgIpc) is 4.11. The third-order valence-electron chi connectivity index (χ3n) is 13.6. The van der Waals surface area contributed by atoms with E-state index in [2.05, 4.69) is 97.1 Å². The normalized spacial score (nSPS) is 13.6. The zero-order chi connectivity index (χ0) is 40.5. The maximum Gasteiger partial charge on any atom is 0.282 e. The number of rotatable bonds is 2. The Kier molecular flexibility index (Phi) is 5.88. The van der Waals surface area contributed by atoms with Gasteiger partial charge in [0, 0.05) is 11.1 Å². The Hall–Kier alpha value is -8.36. The number of aromatic nitrogens is 4. The molecule has 0 N–H and O–H groups in total. The molecule has 0 radical (unpaired) electrons. The summed E-state index contributed by atoms with van der Waals surface area (Å²) in [5.74, 6) is 0. The summed E-state index contributed by atoms with van der Waals surface area (Å²) in [7, 11) is 0. The van der Waals surface area contributed by atoms with Crippen LogP contribution in [0.5, 0.6) is 0 Å². The van der Waals surface area contributed by atoms with E-state index < -0.39 is 5.41 Å². The van der Waals surface area contributed by atoms with E-state index >= 15 is 0 Å². The fourth-order valence-electron chi connectivity index (χ4n) is 11.3. The summed E-state index contributed by atoms with van der Waals surface area (Å²) in [5, 5.41) is 1.95. The Morgan fingerprint density at radius 1 is 0.279 bits per heavy atom. The van der Waals surface area contributed by atoms with E-state index in [0.717, 1.165) is 66.8 Å². The summed E-state index contributed by atoms with van der Waals surface area (Å²) in [4.78, 5) is 55.5. The van der Waals surface area contributed by atoms with Crippen molar-refractivity contribution in [2.45, 2.75) is 5.41 Å². The molecule has 284 valence electrons. The van der Waals surface area contributed by atoms with Gasteiger partial charge < -0.3 is 0 Å². The van der Waals surface area contributed by atoms with Crippen LogP contribution in [0.1, 0.15) is 22.3 Å². The van der Waals surface area contributed by atoms with Crippen molar-refractivity contribution >= 4 is 43.6 Å². The van der Waals surface area contributed by atoms with E-state index in [0.29, 0.717) is 43.6 Å². The maximum atomic E-state index is 14.0. The van der Waals surface area contributed by atoms with Crippen molar-refractivity contribution in [3.05, 3.63) is 234 Å². The van der Waals surface area contributed by atoms with Crippen LogP contribution < -0.4 is 22.2 Å². The second-order valence-electron chi connectivity index (χ2n) is 16.2. The van der Waals surface area contributed by atoms with Crippen molar-refractivity contribution in [3.8, 4) is 44.5 Å². The van der Waals surface area contributed by atoms with Gasteiger partial charge in [0.1, 0.15) is 0 Å². The van der Waals surface area contributed by atoms with E-state index in [-0.39, 0.29) is 22.2 Å². The molecule has 2 aliphatic rings. The SMILES string of the molecule is O=c1c2ccccc2n2c3c(-c4cccc5c4-c4ccccc4C54c5ccccc5-c5c(-c6cccc7c(=O)n8c(=O)c9ccccc9n8c67)cccc54)cccc3c(=O)n12. The molecule has 61 heavy (non-hydrogen) atoms. The molecule has 14 rings (SSSR count). The molecule has 8 heteroatoms. The highest BCUT2D eigenvalue weighted by Gasteiger charge is 2.52. The van der Waals surface area contributed by atoms with Crippen LogP contribution in [0.25, 0.3) is 88.1 Å². The summed E-state index contributed by atoms with van der Waals surface area (Å²) in [5.41, 5.74) is 13.2. The number of hydrogen-bond donors (Lipinski definition) is 0. The molecule has 2 aliphatic carbocycles. The third-order valence-corrected chi connectivity index (χ3v) is 13.6. The van der Waals surface area contributed by atoms with Gasteiger partial charge in [0.15, 0.2) is 0 Å². The second-order valence-corrected chi connectivity index (χ2v) is 16.2. The van der Waals surface area contributed by atoms with Crippen LogP contribution in [0.4, 0.5) is 0 Å². The molecule has 0 fully saturated rings. The van der Waals surface area contributed by atoms with Crippen molar-refractivity contribution in [1.82, 2.24) is 18.1 Å². The topological polar surface area (TPSA) is 85.9 Å². The fourth-order valence-corrected chi connectivity index (χ4v) is 11.3. The van der Waals surface area contributed by atoms with Gasteiger partial charge in [-0.05, 0) is 92.0 Å². The Morgan fingerprint density at radius 2 is 0.607 bits per heavy atom. The Bertz CT molecular complexity index is 3950. The molecule has 0 saturated carbocycles. The van der Waals surface area contributed by atoms with E-state index in [4.69, 9.17) is 0 Å². The second kappa shape index (κ2) is 11.0. The summed E-state index contributed by atoms with van der Waals surface area (Å²) in [6.07, 6.45) is 0. The van der Waals surface area contributed by atoms with Crippen LogP contribution in [0.3, 0.4) is 0 Å². The van der Waals surface area contributed by atoms with Crippen LogP contribution in [-0.4, -0.2) is 18.1 Å². The largest absolute Gasteiger partial charge is 0.282 e. The van der Waals surface area contributed by atoms with Crippen molar-refractivity contribution < 1.29 is 0 Å². The van der Waals surface area contributed by atoms with Crippen LogP contribution in [0, 0.1) is 0 Å². The molecule has 0 atom stereocenters. The molecule has 12 aromatic rings. The van der Waals surface area contributed by atoms with Crippen LogP contribution in [-0.2, 0) is 5.41 Å². The predicted molar refractivity (Wildman–Crippen MR) is 240 cm³/mol. The molecule has 0 aliphatic heterocycles. The van der Waals surface area contributed by atoms with Gasteiger partial charge in [-0.15, -0.1) is 0 Å². The van der Waals surface area contributed by atoms with Crippen molar-refractivity contribution in [3.63, 3.8) is 0 Å². The maximum absolute atomic E-state index is 14.0. The lowest BCUT2D eigenvalue weighted by molar-refractivity contribution is 0.794. The summed E-state index contributed by atoms with van der Waals surface area (Å²) >= 11 is 0. The lowest BCUT2D eigenvalue weighted by atomic mass is 9.70. The zero-order valence-corrected chi connectivity index (χ0v) is 32.1. The number of para-hydroxylation sites is 4. The van der Waals surface area contributed by atoms with E-state index in [1.807, 2.05) is 60.7 Å². The van der Waals surface area contributed by atoms with Gasteiger partial charge in [-0.1, -0.05) is 133 Å². The molecule has 4 aromatic heterocycles. The fraction of sp³-hybridized carbons (Fsp3) is 0.0189. The van der Waals surface area contributed by atoms with Gasteiger partial charge in [0.25, 0.3) is 22.2 Å². The lowest BCUT2D eigenvalue weighted by Gasteiger charge is -2.30. The third kappa shape index (κ3) is 3.61. The highest BCUT2D eigenvalue weighted by atomic mass is 16.2. The summed E-state index contributed by atoms with van der Waals surface area (Å²) in [6.45, 7) is 0. The highest BCUT2D eigenvalue weighted by molar-refractivity contribution is 6.08. The molecule has 1 spiro atoms. The standard InChI is InChI=1S/C53H28N4O4/c58-49-35-15-3-7-27-43(35)54-47-31(19-9-21-37(47)51(60)56(49)54)29-17-11-25-41-45(29)33-13-1-5-23-39(33)53(41)40-24-6-2-14-34(40)46-30(18-12-26-42(46)53)32-20-10-22-38-48(32)55-44-28-8-4-16-36(44)50(59)57(55)52(38)61/h1-28H. The molecule has 0 saturated heterocycles. The molecule has 0 amide bonds. The quantitative estimate of drug-likeness (QED) is 0.175. The van der Waals surface area contributed by atoms with Gasteiger partial charge in [-0.3, -0.25) is 19.2 Å². The molecule has 4 heterocycles. The first-order valence-corrected chi connectivity index (χ1v) is 20.3. The highest BCUT2D eigenvalue weighted by Crippen LogP contribution is 2.65. The predicted octanol–water partition coefficient (Wildman–Crippen LogP) is 9.00. The Morgan fingerprint density at radius 3 is 1.08 bits per heavy atom. The minimum absolute atomic E-state index is 0.331. The van der Waals surface area contributed by atoms with Gasteiger partial charge in [0.05, 0.1) is 49.0 Å². The van der Waals surface area contributed by atoms with Crippen molar-refractivity contribution in [2.24, 2.45) is 0 Å². The minimum atomic E-state index is -0.726. The monoisotopic (exact) mass is 784 g/mol. The minimum Gasteiger partial charge on any atom is -0.267 e. The molecule has 8 nitrogen and oxygen atoms in total. The first-order valence-electron chi connectivity index (χ1n) is 20.3. The van der Waals surface area contributed by atoms with Crippen molar-refractivity contribution in [2.75, 3.05) is 0 Å². The summed E-state index contributed by atoms with van der Waals surface area (Å²) in [6, 6.07) is 56.5. The van der Waals surface area contributed by atoms with E-state index in [1.165, 1.54) is 9.03 Å². The molecular formula is C53H28N4O4. The Balaban J connectivity index is 1.10. The van der Waals surface area contributed by atoms with Crippen LogP contribution in [0.15, 0.2) is 189 Å². The van der Waals surface area contributed by atoms with Crippen LogP contribution in [0.2, 0.25) is 0 Å². The number of fused-ring (bicyclic) bond motifs is 20. The molecule has 0 bridgehead atoms. The summed E-state index contributed by atoms with van der Waals surface area (Å²) < 4.78 is 6.13. The zero-order valence-electron chi connectivity index (χ0n) is 32.1. The van der Waals surface area contributed by atoms with Gasteiger partial charge in [-0.25, -0.2) is 9.03 Å². The van der Waals surface area contributed by atoms with E-state index in [1.54, 1.807) is 21.2 Å². The number of hydrogen-bond acceptors (Lipinski definition) is 4. The molecule has 8 aromatic carbocycles. The van der Waals surface area contributed by atoms with Gasteiger partial charge >= 0.3 is 0 Å². The first-order chi connectivity index (χ1) is 30.0. The Labute approximate surface area is 343 Å². The van der Waals surface area contributed by atoms with Gasteiger partial charge in [0.2, 0.25) is 0 Å². The van der Waals surface area contributed by atoms with Crippen molar-refractivity contribution in [1.29, 1.82) is 0 Å². The smallest absolute Gasteiger partial charge is 0.267 e. The average molecular weight is 785 g/mol. The van der Waals surface area contributed by atoms with Gasteiger partial charge in [-0.2, -0.15) is 9.03 Å².